The Morgan fingerprint density at radius 2 is 1.71 bits per heavy atom. The highest BCUT2D eigenvalue weighted by atomic mass is 79.9. The van der Waals surface area contributed by atoms with Gasteiger partial charge < -0.3 is 0 Å². The summed E-state index contributed by atoms with van der Waals surface area (Å²) in [6.07, 6.45) is 0.754. The molecule has 0 heterocycles. The summed E-state index contributed by atoms with van der Waals surface area (Å²) in [4.78, 5) is 0. The van der Waals surface area contributed by atoms with Crippen LogP contribution in [0.2, 0.25) is 5.02 Å². The fraction of sp³-hybridized carbons (Fsp3) is 0.294. The molecule has 2 aromatic rings. The van der Waals surface area contributed by atoms with Gasteiger partial charge in [0, 0.05) is 9.50 Å². The molecule has 0 aliphatic carbocycles. The van der Waals surface area contributed by atoms with Crippen molar-refractivity contribution in [3.05, 3.63) is 68.7 Å². The van der Waals surface area contributed by atoms with Crippen LogP contribution >= 0.6 is 27.5 Å². The van der Waals surface area contributed by atoms with Gasteiger partial charge in [0.05, 0.1) is 6.04 Å². The van der Waals surface area contributed by atoms with E-state index in [4.69, 9.17) is 17.4 Å². The molecule has 0 aliphatic heterocycles. The molecule has 0 bridgehead atoms. The monoisotopic (exact) mass is 366 g/mol. The molecule has 0 spiro atoms. The Kier molecular flexibility index (Phi) is 5.82. The minimum Gasteiger partial charge on any atom is -0.271 e. The molecule has 21 heavy (non-hydrogen) atoms. The topological polar surface area (TPSA) is 38.0 Å². The second-order valence-corrected chi connectivity index (χ2v) is 6.80. The first-order valence-corrected chi connectivity index (χ1v) is 8.18. The van der Waals surface area contributed by atoms with Crippen LogP contribution in [0.4, 0.5) is 0 Å². The van der Waals surface area contributed by atoms with E-state index in [1.807, 2.05) is 18.2 Å². The summed E-state index contributed by atoms with van der Waals surface area (Å²) in [6.45, 7) is 4.38. The van der Waals surface area contributed by atoms with Crippen LogP contribution in [0.15, 0.2) is 46.9 Å². The molecule has 0 aromatic heterocycles. The number of hydrazine groups is 1. The number of nitrogens with two attached hydrogens (primary N) is 1. The van der Waals surface area contributed by atoms with Gasteiger partial charge in [0.1, 0.15) is 0 Å². The van der Waals surface area contributed by atoms with E-state index in [9.17, 15) is 0 Å². The van der Waals surface area contributed by atoms with Gasteiger partial charge in [0.2, 0.25) is 0 Å². The average molecular weight is 368 g/mol. The number of halogens is 2. The summed E-state index contributed by atoms with van der Waals surface area (Å²) in [6, 6.07) is 14.6. The normalized spacial score (nSPS) is 12.7. The van der Waals surface area contributed by atoms with Crippen molar-refractivity contribution in [3.63, 3.8) is 0 Å². The number of hydrogen-bond acceptors (Lipinski definition) is 2. The average Bonchev–Trinajstić information content (AvgIpc) is 2.47. The van der Waals surface area contributed by atoms with Crippen molar-refractivity contribution in [1.29, 1.82) is 0 Å². The predicted octanol–water partition coefficient (Wildman–Crippen LogP) is 4.97. The fourth-order valence-corrected chi connectivity index (χ4v) is 3.04. The summed E-state index contributed by atoms with van der Waals surface area (Å²) in [5.74, 6) is 6.26. The molecule has 112 valence electrons. The number of benzene rings is 2. The van der Waals surface area contributed by atoms with Crippen molar-refractivity contribution in [1.82, 2.24) is 5.43 Å². The van der Waals surface area contributed by atoms with Crippen LogP contribution in [0, 0.1) is 0 Å². The zero-order valence-electron chi connectivity index (χ0n) is 12.2. The van der Waals surface area contributed by atoms with Gasteiger partial charge in [0.15, 0.2) is 0 Å². The van der Waals surface area contributed by atoms with E-state index < -0.39 is 0 Å². The lowest BCUT2D eigenvalue weighted by Gasteiger charge is -2.18. The SMILES string of the molecule is CC(C)c1ccc(C(Cc2ccc(Br)cc2Cl)NN)cc1. The van der Waals surface area contributed by atoms with Gasteiger partial charge in [-0.05, 0) is 41.2 Å². The van der Waals surface area contributed by atoms with Crippen LogP contribution in [-0.4, -0.2) is 0 Å². The minimum atomic E-state index is 0.0462. The van der Waals surface area contributed by atoms with E-state index in [0.717, 1.165) is 21.5 Å². The van der Waals surface area contributed by atoms with Crippen LogP contribution < -0.4 is 11.3 Å². The van der Waals surface area contributed by atoms with Crippen molar-refractivity contribution >= 4 is 27.5 Å². The van der Waals surface area contributed by atoms with E-state index in [-0.39, 0.29) is 6.04 Å². The molecule has 0 radical (unpaired) electrons. The molecule has 0 amide bonds. The van der Waals surface area contributed by atoms with E-state index in [1.54, 1.807) is 0 Å². The molecule has 0 fully saturated rings. The van der Waals surface area contributed by atoms with Crippen molar-refractivity contribution in [2.24, 2.45) is 5.84 Å². The van der Waals surface area contributed by atoms with Crippen LogP contribution in [0.3, 0.4) is 0 Å². The van der Waals surface area contributed by atoms with Gasteiger partial charge >= 0.3 is 0 Å². The van der Waals surface area contributed by atoms with Crippen LogP contribution in [0.1, 0.15) is 42.5 Å². The largest absolute Gasteiger partial charge is 0.271 e. The van der Waals surface area contributed by atoms with Crippen molar-refractivity contribution in [2.75, 3.05) is 0 Å². The molecule has 2 rings (SSSR count). The maximum atomic E-state index is 6.29. The van der Waals surface area contributed by atoms with Crippen molar-refractivity contribution < 1.29 is 0 Å². The Morgan fingerprint density at radius 3 is 2.24 bits per heavy atom. The van der Waals surface area contributed by atoms with E-state index in [1.165, 1.54) is 11.1 Å². The standard InChI is InChI=1S/C17H20BrClN2/c1-11(2)12-3-5-13(6-4-12)17(21-20)9-14-7-8-15(18)10-16(14)19/h3-8,10-11,17,21H,9,20H2,1-2H3. The second-order valence-electron chi connectivity index (χ2n) is 5.48. The van der Waals surface area contributed by atoms with Gasteiger partial charge in [-0.25, -0.2) is 0 Å². The zero-order chi connectivity index (χ0) is 15.4. The number of nitrogens with one attached hydrogen (secondary N) is 1. The highest BCUT2D eigenvalue weighted by Gasteiger charge is 2.13. The Bertz CT molecular complexity index is 596. The molecular weight excluding hydrogens is 348 g/mol. The smallest absolute Gasteiger partial charge is 0.0500 e. The third-order valence-electron chi connectivity index (χ3n) is 3.65. The maximum Gasteiger partial charge on any atom is 0.0500 e. The molecule has 0 saturated heterocycles. The highest BCUT2D eigenvalue weighted by molar-refractivity contribution is 9.10. The molecule has 4 heteroatoms. The van der Waals surface area contributed by atoms with E-state index in [2.05, 4.69) is 59.5 Å². The molecule has 1 atom stereocenters. The quantitative estimate of drug-likeness (QED) is 0.578. The summed E-state index contributed by atoms with van der Waals surface area (Å²) in [5, 5.41) is 0.753. The number of hydrogen-bond donors (Lipinski definition) is 2. The first-order chi connectivity index (χ1) is 10.0. The highest BCUT2D eigenvalue weighted by Crippen LogP contribution is 2.27. The lowest BCUT2D eigenvalue weighted by Crippen LogP contribution is -2.29. The van der Waals surface area contributed by atoms with Gasteiger partial charge in [-0.1, -0.05) is 71.7 Å². The van der Waals surface area contributed by atoms with Crippen LogP contribution in [0.25, 0.3) is 0 Å². The Morgan fingerprint density at radius 1 is 1.10 bits per heavy atom. The summed E-state index contributed by atoms with van der Waals surface area (Å²) in [7, 11) is 0. The maximum absolute atomic E-state index is 6.29. The van der Waals surface area contributed by atoms with Crippen molar-refractivity contribution in [3.8, 4) is 0 Å². The lowest BCUT2D eigenvalue weighted by molar-refractivity contribution is 0.551. The molecule has 0 aliphatic rings. The molecule has 2 nitrogen and oxygen atoms in total. The first-order valence-electron chi connectivity index (χ1n) is 7.01. The second kappa shape index (κ2) is 7.41. The number of rotatable bonds is 5. The fourth-order valence-electron chi connectivity index (χ4n) is 2.29. The van der Waals surface area contributed by atoms with Gasteiger partial charge in [-0.3, -0.25) is 11.3 Å². The third kappa shape index (κ3) is 4.30. The summed E-state index contributed by atoms with van der Waals surface area (Å²) >= 11 is 9.71. The first kappa shape index (κ1) is 16.5. The van der Waals surface area contributed by atoms with Crippen LogP contribution in [-0.2, 0) is 6.42 Å². The van der Waals surface area contributed by atoms with E-state index in [0.29, 0.717) is 5.92 Å². The third-order valence-corrected chi connectivity index (χ3v) is 4.49. The lowest BCUT2D eigenvalue weighted by atomic mass is 9.96. The molecule has 1 unspecified atom stereocenters. The summed E-state index contributed by atoms with van der Waals surface area (Å²) < 4.78 is 0.981. The molecule has 0 saturated carbocycles. The zero-order valence-corrected chi connectivity index (χ0v) is 14.6. The molecular formula is C17H20BrClN2. The molecule has 2 aromatic carbocycles. The van der Waals surface area contributed by atoms with E-state index >= 15 is 0 Å². The summed E-state index contributed by atoms with van der Waals surface area (Å²) in [5.41, 5.74) is 6.46. The van der Waals surface area contributed by atoms with Crippen LogP contribution in [0.5, 0.6) is 0 Å². The Balaban J connectivity index is 2.19. The minimum absolute atomic E-state index is 0.0462. The van der Waals surface area contributed by atoms with Gasteiger partial charge in [-0.2, -0.15) is 0 Å². The van der Waals surface area contributed by atoms with Crippen molar-refractivity contribution in [2.45, 2.75) is 32.2 Å². The van der Waals surface area contributed by atoms with Gasteiger partial charge in [0.25, 0.3) is 0 Å². The Hall–Kier alpha value is -0.870. The van der Waals surface area contributed by atoms with Gasteiger partial charge in [-0.15, -0.1) is 0 Å². The predicted molar refractivity (Wildman–Crippen MR) is 93.5 cm³/mol. The molecule has 3 N–H and O–H groups in total. The Labute approximate surface area is 139 Å².